The molecule has 0 aliphatic carbocycles. The summed E-state index contributed by atoms with van der Waals surface area (Å²) in [6.07, 6.45) is 0.108. The van der Waals surface area contributed by atoms with Crippen LogP contribution in [0.1, 0.15) is 33.4 Å². The van der Waals surface area contributed by atoms with Crippen LogP contribution in [0, 0.1) is 25.5 Å². The largest absolute Gasteiger partial charge is 0.451 e. The second-order valence-corrected chi connectivity index (χ2v) is 15.3. The van der Waals surface area contributed by atoms with Crippen LogP contribution < -0.4 is 34.9 Å². The van der Waals surface area contributed by atoms with Crippen molar-refractivity contribution in [3.05, 3.63) is 139 Å². The van der Waals surface area contributed by atoms with Crippen LogP contribution in [0.2, 0.25) is 0 Å². The number of aryl methyl sites for hydroxylation is 2. The Kier molecular flexibility index (Phi) is 10.1. The lowest BCUT2D eigenvalue weighted by Gasteiger charge is -2.13. The van der Waals surface area contributed by atoms with Crippen LogP contribution in [-0.2, 0) is 33.3 Å². The van der Waals surface area contributed by atoms with E-state index in [-0.39, 0.29) is 57.3 Å². The summed E-state index contributed by atoms with van der Waals surface area (Å²) in [5, 5.41) is 0.518. The Morgan fingerprint density at radius 3 is 1.40 bits per heavy atom. The van der Waals surface area contributed by atoms with E-state index in [1.54, 1.807) is 62.4 Å². The fourth-order valence-corrected chi connectivity index (χ4v) is 6.85. The van der Waals surface area contributed by atoms with Crippen molar-refractivity contribution in [1.29, 1.82) is 0 Å². The zero-order valence-electron chi connectivity index (χ0n) is 28.6. The van der Waals surface area contributed by atoms with E-state index in [1.807, 2.05) is 0 Å². The standard InChI is InChI=1S/C36H32F2N4O9S2/c1-19-25-15-29(37)33(17-31(25)50-35(43)27(19)13-21-7-5-9-23(11-21)41-52(45,46)39-3)49-34-18-32-26(16-30(34)38)20(2)28(36(44)51-32)14-22-8-6-10-24(12-22)42-53(47,48)40-4/h5-12,15-18,39-42H,13-14H2,1-4H3. The SMILES string of the molecule is CNS(=O)(=O)Nc1cccc(Cc2c(C)c3cc(F)c(Oc4cc5oc(=O)c(Cc6cccc(NS(=O)(=O)NC)c6)c(C)c5cc4F)cc3oc2=O)c1. The molecule has 53 heavy (non-hydrogen) atoms. The molecule has 2 aromatic heterocycles. The molecule has 0 saturated heterocycles. The van der Waals surface area contributed by atoms with Gasteiger partial charge in [-0.3, -0.25) is 9.44 Å². The highest BCUT2D eigenvalue weighted by atomic mass is 32.2. The van der Waals surface area contributed by atoms with Gasteiger partial charge in [-0.05, 0) is 72.5 Å². The van der Waals surface area contributed by atoms with E-state index >= 15 is 8.78 Å². The van der Waals surface area contributed by atoms with Crippen molar-refractivity contribution in [2.45, 2.75) is 26.7 Å². The van der Waals surface area contributed by atoms with E-state index in [1.165, 1.54) is 14.1 Å². The second-order valence-electron chi connectivity index (χ2n) is 12.0. The van der Waals surface area contributed by atoms with Crippen molar-refractivity contribution < 1.29 is 39.2 Å². The van der Waals surface area contributed by atoms with Crippen LogP contribution in [0.5, 0.6) is 11.5 Å². The molecule has 0 amide bonds. The number of fused-ring (bicyclic) bond motifs is 2. The Labute approximate surface area is 302 Å². The molecule has 0 saturated carbocycles. The molecule has 4 N–H and O–H groups in total. The van der Waals surface area contributed by atoms with Crippen molar-refractivity contribution >= 4 is 53.7 Å². The molecule has 0 unspecified atom stereocenters. The van der Waals surface area contributed by atoms with Gasteiger partial charge in [-0.1, -0.05) is 24.3 Å². The van der Waals surface area contributed by atoms with E-state index in [0.29, 0.717) is 22.3 Å². The smallest absolute Gasteiger partial charge is 0.340 e. The number of ether oxygens (including phenoxy) is 1. The highest BCUT2D eigenvalue weighted by Crippen LogP contribution is 2.35. The molecule has 0 radical (unpaired) electrons. The maximum atomic E-state index is 15.5. The normalized spacial score (nSPS) is 12.0. The van der Waals surface area contributed by atoms with E-state index in [4.69, 9.17) is 13.6 Å². The van der Waals surface area contributed by atoms with Crippen LogP contribution >= 0.6 is 0 Å². The summed E-state index contributed by atoms with van der Waals surface area (Å²) in [4.78, 5) is 26.2. The molecular formula is C36H32F2N4O9S2. The maximum Gasteiger partial charge on any atom is 0.340 e. The van der Waals surface area contributed by atoms with Crippen molar-refractivity contribution in [2.75, 3.05) is 23.5 Å². The summed E-state index contributed by atoms with van der Waals surface area (Å²) in [5.74, 6) is -2.70. The third-order valence-electron chi connectivity index (χ3n) is 8.56. The number of anilines is 2. The first-order valence-corrected chi connectivity index (χ1v) is 18.8. The molecule has 0 atom stereocenters. The first kappa shape index (κ1) is 37.1. The Morgan fingerprint density at radius 2 is 1.02 bits per heavy atom. The second kappa shape index (κ2) is 14.4. The van der Waals surface area contributed by atoms with Crippen LogP contribution in [-0.4, -0.2) is 30.9 Å². The van der Waals surface area contributed by atoms with Gasteiger partial charge in [-0.2, -0.15) is 16.8 Å². The quantitative estimate of drug-likeness (QED) is 0.116. The minimum atomic E-state index is -3.77. The zero-order chi connectivity index (χ0) is 38.2. The molecule has 6 aromatic rings. The third-order valence-corrected chi connectivity index (χ3v) is 10.6. The molecule has 4 aromatic carbocycles. The number of rotatable bonds is 12. The molecule has 2 heterocycles. The topological polar surface area (TPSA) is 186 Å². The number of nitrogens with one attached hydrogen (secondary N) is 4. The lowest BCUT2D eigenvalue weighted by Crippen LogP contribution is -2.26. The van der Waals surface area contributed by atoms with E-state index in [0.717, 1.165) is 24.3 Å². The van der Waals surface area contributed by atoms with Gasteiger partial charge in [0.05, 0.1) is 11.4 Å². The summed E-state index contributed by atoms with van der Waals surface area (Å²) in [6.45, 7) is 3.23. The fraction of sp³-hybridized carbons (Fsp3) is 0.167. The van der Waals surface area contributed by atoms with Crippen LogP contribution in [0.3, 0.4) is 0 Å². The molecule has 6 rings (SSSR count). The minimum absolute atomic E-state index is 0.0285. The molecule has 276 valence electrons. The van der Waals surface area contributed by atoms with Gasteiger partial charge >= 0.3 is 11.3 Å². The Bertz CT molecular complexity index is 2580. The zero-order valence-corrected chi connectivity index (χ0v) is 30.2. The van der Waals surface area contributed by atoms with Gasteiger partial charge in [0.15, 0.2) is 23.1 Å². The Morgan fingerprint density at radius 1 is 0.623 bits per heavy atom. The average Bonchev–Trinajstić information content (AvgIpc) is 3.10. The van der Waals surface area contributed by atoms with Gasteiger partial charge in [0.2, 0.25) is 0 Å². The average molecular weight is 767 g/mol. The molecule has 0 aliphatic heterocycles. The Balaban J connectivity index is 1.28. The fourth-order valence-electron chi connectivity index (χ4n) is 5.77. The molecular weight excluding hydrogens is 735 g/mol. The molecule has 13 nitrogen and oxygen atoms in total. The van der Waals surface area contributed by atoms with Crippen molar-refractivity contribution in [2.24, 2.45) is 0 Å². The molecule has 0 spiro atoms. The number of halogens is 2. The van der Waals surface area contributed by atoms with Crippen LogP contribution in [0.25, 0.3) is 21.9 Å². The predicted molar refractivity (Wildman–Crippen MR) is 196 cm³/mol. The first-order chi connectivity index (χ1) is 25.1. The summed E-state index contributed by atoms with van der Waals surface area (Å²) in [6, 6.07) is 17.2. The van der Waals surface area contributed by atoms with Gasteiger partial charge in [0, 0.05) is 61.0 Å². The van der Waals surface area contributed by atoms with Gasteiger partial charge in [0.25, 0.3) is 20.4 Å². The lowest BCUT2D eigenvalue weighted by molar-refractivity contribution is 0.413. The highest BCUT2D eigenvalue weighted by molar-refractivity contribution is 7.91. The van der Waals surface area contributed by atoms with Gasteiger partial charge in [-0.25, -0.2) is 27.8 Å². The van der Waals surface area contributed by atoms with E-state index < -0.39 is 54.8 Å². The lowest BCUT2D eigenvalue weighted by atomic mass is 9.99. The van der Waals surface area contributed by atoms with Crippen LogP contribution in [0.15, 0.2) is 91.2 Å². The molecule has 17 heteroatoms. The number of hydrogen-bond donors (Lipinski definition) is 4. The van der Waals surface area contributed by atoms with Gasteiger partial charge < -0.3 is 13.6 Å². The van der Waals surface area contributed by atoms with Crippen LogP contribution in [0.4, 0.5) is 20.2 Å². The monoisotopic (exact) mass is 766 g/mol. The van der Waals surface area contributed by atoms with E-state index in [2.05, 4.69) is 18.9 Å². The summed E-state index contributed by atoms with van der Waals surface area (Å²) in [5.41, 5.74) is 1.48. The van der Waals surface area contributed by atoms with Gasteiger partial charge in [-0.15, -0.1) is 0 Å². The highest BCUT2D eigenvalue weighted by Gasteiger charge is 2.20. The predicted octanol–water partition coefficient (Wildman–Crippen LogP) is 5.52. The molecule has 0 fully saturated rings. The Hall–Kier alpha value is -5.62. The van der Waals surface area contributed by atoms with Crippen molar-refractivity contribution in [3.8, 4) is 11.5 Å². The first-order valence-electron chi connectivity index (χ1n) is 15.9. The summed E-state index contributed by atoms with van der Waals surface area (Å²) < 4.78 is 104. The summed E-state index contributed by atoms with van der Waals surface area (Å²) in [7, 11) is -5.02. The molecule has 0 aliphatic rings. The van der Waals surface area contributed by atoms with E-state index in [9.17, 15) is 26.4 Å². The maximum absolute atomic E-state index is 15.5. The third kappa shape index (κ3) is 8.07. The van der Waals surface area contributed by atoms with Gasteiger partial charge in [0.1, 0.15) is 11.2 Å². The van der Waals surface area contributed by atoms with Crippen molar-refractivity contribution in [3.63, 3.8) is 0 Å². The number of hydrogen-bond acceptors (Lipinski definition) is 9. The summed E-state index contributed by atoms with van der Waals surface area (Å²) >= 11 is 0. The van der Waals surface area contributed by atoms with Crippen molar-refractivity contribution in [1.82, 2.24) is 9.44 Å². The minimum Gasteiger partial charge on any atom is -0.451 e. The number of benzene rings is 4. The molecule has 0 bridgehead atoms.